The van der Waals surface area contributed by atoms with Gasteiger partial charge in [-0.05, 0) is 26.2 Å². The monoisotopic (exact) mass is 270 g/mol. The summed E-state index contributed by atoms with van der Waals surface area (Å²) in [5.74, 6) is 0.0791. The van der Waals surface area contributed by atoms with Gasteiger partial charge >= 0.3 is 0 Å². The first-order valence-electron chi connectivity index (χ1n) is 6.08. The lowest BCUT2D eigenvalue weighted by molar-refractivity contribution is 0.328. The van der Waals surface area contributed by atoms with Gasteiger partial charge in [0.15, 0.2) is 0 Å². The van der Waals surface area contributed by atoms with Crippen LogP contribution in [0.4, 0.5) is 5.95 Å². The Morgan fingerprint density at radius 2 is 2.00 bits per heavy atom. The van der Waals surface area contributed by atoms with E-state index >= 15 is 0 Å². The highest BCUT2D eigenvalue weighted by atomic mass is 32.2. The molecule has 1 aliphatic heterocycles. The van der Waals surface area contributed by atoms with E-state index in [1.165, 1.54) is 12.4 Å². The van der Waals surface area contributed by atoms with Crippen molar-refractivity contribution >= 4 is 16.0 Å². The molecule has 0 amide bonds. The number of nitrogens with zero attached hydrogens (tertiary/aromatic N) is 3. The maximum Gasteiger partial charge on any atom is 0.246 e. The molecule has 1 aromatic rings. The van der Waals surface area contributed by atoms with Gasteiger partial charge in [-0.1, -0.05) is 6.92 Å². The molecule has 0 spiro atoms. The molecule has 2 N–H and O–H groups in total. The molecule has 6 nitrogen and oxygen atoms in total. The van der Waals surface area contributed by atoms with Crippen molar-refractivity contribution in [2.24, 2.45) is 0 Å². The fourth-order valence-electron chi connectivity index (χ4n) is 2.45. The van der Waals surface area contributed by atoms with E-state index in [0.29, 0.717) is 0 Å². The highest BCUT2D eigenvalue weighted by Gasteiger charge is 2.39. The quantitative estimate of drug-likeness (QED) is 0.885. The van der Waals surface area contributed by atoms with Gasteiger partial charge in [0.25, 0.3) is 0 Å². The summed E-state index contributed by atoms with van der Waals surface area (Å²) in [4.78, 5) is 7.62. The van der Waals surface area contributed by atoms with Gasteiger partial charge in [-0.15, -0.1) is 0 Å². The first-order chi connectivity index (χ1) is 8.46. The molecule has 100 valence electrons. The molecule has 2 atom stereocenters. The van der Waals surface area contributed by atoms with E-state index in [1.807, 2.05) is 13.8 Å². The molecule has 0 aliphatic carbocycles. The lowest BCUT2D eigenvalue weighted by Gasteiger charge is -2.26. The van der Waals surface area contributed by atoms with Crippen molar-refractivity contribution in [3.63, 3.8) is 0 Å². The molecule has 0 saturated carbocycles. The average molecular weight is 270 g/mol. The number of aromatic nitrogens is 2. The Balaban J connectivity index is 2.38. The SMILES string of the molecule is CCC1CCC(C)N1S(=O)(=O)c1cnc(N)nc1. The molecule has 1 fully saturated rings. The zero-order valence-electron chi connectivity index (χ0n) is 10.6. The van der Waals surface area contributed by atoms with Gasteiger partial charge in [0.1, 0.15) is 4.90 Å². The van der Waals surface area contributed by atoms with Gasteiger partial charge in [0.2, 0.25) is 16.0 Å². The van der Waals surface area contributed by atoms with Gasteiger partial charge in [-0.3, -0.25) is 0 Å². The molecule has 0 aromatic carbocycles. The van der Waals surface area contributed by atoms with Crippen molar-refractivity contribution in [1.29, 1.82) is 0 Å². The zero-order chi connectivity index (χ0) is 13.3. The van der Waals surface area contributed by atoms with Crippen molar-refractivity contribution in [2.45, 2.75) is 50.1 Å². The van der Waals surface area contributed by atoms with E-state index in [2.05, 4.69) is 9.97 Å². The van der Waals surface area contributed by atoms with Crippen LogP contribution in [0.2, 0.25) is 0 Å². The van der Waals surface area contributed by atoms with E-state index in [-0.39, 0.29) is 22.9 Å². The normalized spacial score (nSPS) is 25.4. The topological polar surface area (TPSA) is 89.2 Å². The first-order valence-corrected chi connectivity index (χ1v) is 7.52. The molecule has 1 saturated heterocycles. The maximum atomic E-state index is 12.5. The predicted molar refractivity (Wildman–Crippen MR) is 68.2 cm³/mol. The standard InChI is InChI=1S/C11H18N4O2S/c1-3-9-5-4-8(2)15(9)18(16,17)10-6-13-11(12)14-7-10/h6-9H,3-5H2,1-2H3,(H2,12,13,14). The Morgan fingerprint density at radius 3 is 2.56 bits per heavy atom. The third-order valence-corrected chi connectivity index (χ3v) is 5.43. The van der Waals surface area contributed by atoms with Crippen LogP contribution in [0, 0.1) is 0 Å². The minimum Gasteiger partial charge on any atom is -0.368 e. The van der Waals surface area contributed by atoms with Gasteiger partial charge in [-0.2, -0.15) is 4.31 Å². The molecule has 18 heavy (non-hydrogen) atoms. The zero-order valence-corrected chi connectivity index (χ0v) is 11.4. The third-order valence-electron chi connectivity index (χ3n) is 3.41. The lowest BCUT2D eigenvalue weighted by atomic mass is 10.2. The van der Waals surface area contributed by atoms with Crippen LogP contribution in [-0.2, 0) is 10.0 Å². The molecule has 0 bridgehead atoms. The molecular formula is C11H18N4O2S. The smallest absolute Gasteiger partial charge is 0.246 e. The maximum absolute atomic E-state index is 12.5. The number of sulfonamides is 1. The second-order valence-electron chi connectivity index (χ2n) is 4.60. The number of nitrogen functional groups attached to an aromatic ring is 1. The Morgan fingerprint density at radius 1 is 1.39 bits per heavy atom. The predicted octanol–water partition coefficient (Wildman–Crippen LogP) is 1.01. The highest BCUT2D eigenvalue weighted by molar-refractivity contribution is 7.89. The summed E-state index contributed by atoms with van der Waals surface area (Å²) in [6.45, 7) is 3.94. The number of anilines is 1. The average Bonchev–Trinajstić information content (AvgIpc) is 2.71. The van der Waals surface area contributed by atoms with Crippen molar-refractivity contribution < 1.29 is 8.42 Å². The minimum absolute atomic E-state index is 0.0255. The van der Waals surface area contributed by atoms with Gasteiger partial charge in [-0.25, -0.2) is 18.4 Å². The Kier molecular flexibility index (Phi) is 3.54. The molecular weight excluding hydrogens is 252 g/mol. The third kappa shape index (κ3) is 2.20. The summed E-state index contributed by atoms with van der Waals surface area (Å²) < 4.78 is 26.6. The van der Waals surface area contributed by atoms with Crippen LogP contribution in [0.25, 0.3) is 0 Å². The summed E-state index contributed by atoms with van der Waals surface area (Å²) in [5.41, 5.74) is 5.37. The van der Waals surface area contributed by atoms with Crippen LogP contribution < -0.4 is 5.73 Å². The van der Waals surface area contributed by atoms with Crippen molar-refractivity contribution in [3.8, 4) is 0 Å². The first kappa shape index (κ1) is 13.2. The molecule has 2 rings (SSSR count). The fourth-order valence-corrected chi connectivity index (χ4v) is 4.29. The molecule has 2 unspecified atom stereocenters. The van der Waals surface area contributed by atoms with E-state index in [4.69, 9.17) is 5.73 Å². The van der Waals surface area contributed by atoms with Gasteiger partial charge in [0, 0.05) is 12.1 Å². The van der Waals surface area contributed by atoms with Crippen LogP contribution in [0.5, 0.6) is 0 Å². The molecule has 1 aromatic heterocycles. The lowest BCUT2D eigenvalue weighted by Crippen LogP contribution is -2.39. The summed E-state index contributed by atoms with van der Waals surface area (Å²) in [6, 6.07) is 0.0973. The summed E-state index contributed by atoms with van der Waals surface area (Å²) in [6.07, 6.45) is 5.17. The number of rotatable bonds is 3. The second-order valence-corrected chi connectivity index (χ2v) is 6.44. The number of nitrogens with two attached hydrogens (primary N) is 1. The van der Waals surface area contributed by atoms with Crippen LogP contribution in [0.15, 0.2) is 17.3 Å². The molecule has 7 heteroatoms. The Hall–Kier alpha value is -1.21. The number of hydrogen-bond donors (Lipinski definition) is 1. The molecule has 1 aliphatic rings. The Bertz CT molecular complexity index is 514. The van der Waals surface area contributed by atoms with E-state index in [0.717, 1.165) is 19.3 Å². The van der Waals surface area contributed by atoms with Crippen molar-refractivity contribution in [2.75, 3.05) is 5.73 Å². The number of hydrogen-bond acceptors (Lipinski definition) is 5. The van der Waals surface area contributed by atoms with Crippen LogP contribution in [-0.4, -0.2) is 34.8 Å². The van der Waals surface area contributed by atoms with E-state index in [9.17, 15) is 8.42 Å². The van der Waals surface area contributed by atoms with Crippen molar-refractivity contribution in [3.05, 3.63) is 12.4 Å². The Labute approximate surface area is 107 Å². The highest BCUT2D eigenvalue weighted by Crippen LogP contribution is 2.31. The van der Waals surface area contributed by atoms with Crippen molar-refractivity contribution in [1.82, 2.24) is 14.3 Å². The van der Waals surface area contributed by atoms with E-state index < -0.39 is 10.0 Å². The fraction of sp³-hybridized carbons (Fsp3) is 0.636. The van der Waals surface area contributed by atoms with Crippen LogP contribution in [0.3, 0.4) is 0 Å². The summed E-state index contributed by atoms with van der Waals surface area (Å²) in [5, 5.41) is 0. The summed E-state index contributed by atoms with van der Waals surface area (Å²) in [7, 11) is -3.51. The second kappa shape index (κ2) is 4.81. The minimum atomic E-state index is -3.51. The van der Waals surface area contributed by atoms with Crippen LogP contribution in [0.1, 0.15) is 33.1 Å². The van der Waals surface area contributed by atoms with E-state index in [1.54, 1.807) is 4.31 Å². The largest absolute Gasteiger partial charge is 0.368 e. The molecule has 0 radical (unpaired) electrons. The van der Waals surface area contributed by atoms with Gasteiger partial charge < -0.3 is 5.73 Å². The summed E-state index contributed by atoms with van der Waals surface area (Å²) >= 11 is 0. The molecule has 2 heterocycles. The van der Waals surface area contributed by atoms with Crippen LogP contribution >= 0.6 is 0 Å². The van der Waals surface area contributed by atoms with Gasteiger partial charge in [0.05, 0.1) is 12.4 Å².